The topological polar surface area (TPSA) is 81.7 Å². The third-order valence-corrected chi connectivity index (χ3v) is 4.12. The molecule has 0 spiro atoms. The molecule has 0 fully saturated rings. The molecule has 0 heterocycles. The van der Waals surface area contributed by atoms with E-state index in [1.54, 1.807) is 42.5 Å². The molecule has 142 valence electrons. The second kappa shape index (κ2) is 9.19. The van der Waals surface area contributed by atoms with E-state index in [1.165, 1.54) is 21.0 Å². The van der Waals surface area contributed by atoms with E-state index in [9.17, 15) is 14.4 Å². The number of amides is 1. The van der Waals surface area contributed by atoms with Crippen LogP contribution in [0.25, 0.3) is 0 Å². The van der Waals surface area contributed by atoms with Crippen LogP contribution in [0, 0.1) is 0 Å². The van der Waals surface area contributed by atoms with E-state index in [2.05, 4.69) is 5.32 Å². The molecule has 2 aromatic carbocycles. The summed E-state index contributed by atoms with van der Waals surface area (Å²) in [5.74, 6) is -0.612. The molecule has 0 aliphatic carbocycles. The molecule has 7 heteroatoms. The first-order chi connectivity index (χ1) is 12.8. The summed E-state index contributed by atoms with van der Waals surface area (Å²) in [7, 11) is 1.49. The quantitative estimate of drug-likeness (QED) is 0.579. The van der Waals surface area contributed by atoms with E-state index in [-0.39, 0.29) is 12.4 Å². The molecule has 1 amide bonds. The van der Waals surface area contributed by atoms with Crippen LogP contribution in [0.3, 0.4) is 0 Å². The number of hydrogen-bond acceptors (Lipinski definition) is 5. The molecule has 0 radical (unpaired) electrons. The van der Waals surface area contributed by atoms with E-state index in [4.69, 9.17) is 21.1 Å². The Morgan fingerprint density at radius 1 is 1.07 bits per heavy atom. The van der Waals surface area contributed by atoms with Crippen LogP contribution < -0.4 is 10.1 Å². The average molecular weight is 390 g/mol. The highest BCUT2D eigenvalue weighted by Gasteiger charge is 2.19. The number of carbonyl (C=O) groups excluding carboxylic acids is 3. The molecule has 0 bridgehead atoms. The predicted molar refractivity (Wildman–Crippen MR) is 101 cm³/mol. The van der Waals surface area contributed by atoms with Crippen LogP contribution in [0.5, 0.6) is 5.75 Å². The van der Waals surface area contributed by atoms with Crippen LogP contribution in [0.1, 0.15) is 40.1 Å². The number of benzene rings is 2. The highest BCUT2D eigenvalue weighted by atomic mass is 35.5. The molecule has 2 aromatic rings. The number of nitrogens with one attached hydrogen (secondary N) is 1. The van der Waals surface area contributed by atoms with Gasteiger partial charge in [0.25, 0.3) is 5.91 Å². The first-order valence-electron chi connectivity index (χ1n) is 8.22. The van der Waals surface area contributed by atoms with Crippen LogP contribution >= 0.6 is 11.6 Å². The van der Waals surface area contributed by atoms with Gasteiger partial charge in [-0.2, -0.15) is 0 Å². The fourth-order valence-corrected chi connectivity index (χ4v) is 2.45. The van der Waals surface area contributed by atoms with E-state index in [0.717, 1.165) is 0 Å². The molecule has 2 rings (SSSR count). The van der Waals surface area contributed by atoms with Crippen molar-refractivity contribution in [1.29, 1.82) is 0 Å². The van der Waals surface area contributed by atoms with Gasteiger partial charge in [0.1, 0.15) is 18.4 Å². The van der Waals surface area contributed by atoms with Gasteiger partial charge in [-0.25, -0.2) is 4.79 Å². The standard InChI is InChI=1S/C20H20ClNO5/c1-12(22-19(24)14-4-7-17(21)8-5-14)20(25)27-11-16-10-15(13(2)23)6-9-18(16)26-3/h4-10,12H,11H2,1-3H3,(H,22,24)/t12-/m0/s1. The summed E-state index contributed by atoms with van der Waals surface area (Å²) in [6.07, 6.45) is 0. The van der Waals surface area contributed by atoms with Gasteiger partial charge in [-0.15, -0.1) is 0 Å². The monoisotopic (exact) mass is 389 g/mol. The second-order valence-electron chi connectivity index (χ2n) is 5.89. The number of hydrogen-bond donors (Lipinski definition) is 1. The Bertz CT molecular complexity index is 848. The van der Waals surface area contributed by atoms with Gasteiger partial charge in [0.05, 0.1) is 7.11 Å². The molecule has 0 aromatic heterocycles. The van der Waals surface area contributed by atoms with Crippen molar-refractivity contribution in [1.82, 2.24) is 5.32 Å². The Hall–Kier alpha value is -2.86. The zero-order chi connectivity index (χ0) is 20.0. The van der Waals surface area contributed by atoms with Crippen molar-refractivity contribution in [2.75, 3.05) is 7.11 Å². The first-order valence-corrected chi connectivity index (χ1v) is 8.60. The number of methoxy groups -OCH3 is 1. The van der Waals surface area contributed by atoms with Crippen LogP contribution in [-0.2, 0) is 16.1 Å². The van der Waals surface area contributed by atoms with Gasteiger partial charge in [-0.3, -0.25) is 9.59 Å². The second-order valence-corrected chi connectivity index (χ2v) is 6.33. The van der Waals surface area contributed by atoms with Gasteiger partial charge in [0.2, 0.25) is 0 Å². The lowest BCUT2D eigenvalue weighted by molar-refractivity contribution is -0.146. The Morgan fingerprint density at radius 3 is 2.30 bits per heavy atom. The molecule has 0 saturated heterocycles. The number of halogens is 1. The zero-order valence-electron chi connectivity index (χ0n) is 15.2. The maximum Gasteiger partial charge on any atom is 0.328 e. The fraction of sp³-hybridized carbons (Fsp3) is 0.250. The molecule has 0 aliphatic rings. The number of esters is 1. The lowest BCUT2D eigenvalue weighted by atomic mass is 10.1. The normalized spacial score (nSPS) is 11.4. The lowest BCUT2D eigenvalue weighted by Crippen LogP contribution is -2.39. The van der Waals surface area contributed by atoms with E-state index in [1.807, 2.05) is 0 Å². The maximum atomic E-state index is 12.2. The van der Waals surface area contributed by atoms with E-state index in [0.29, 0.717) is 27.5 Å². The Kier molecular flexibility index (Phi) is 6.96. The molecular formula is C20H20ClNO5. The molecule has 27 heavy (non-hydrogen) atoms. The Morgan fingerprint density at radius 2 is 1.70 bits per heavy atom. The third-order valence-electron chi connectivity index (χ3n) is 3.86. The highest BCUT2D eigenvalue weighted by Crippen LogP contribution is 2.21. The molecule has 0 aliphatic heterocycles. The molecule has 6 nitrogen and oxygen atoms in total. The minimum atomic E-state index is -0.852. The van der Waals surface area contributed by atoms with Crippen molar-refractivity contribution >= 4 is 29.3 Å². The summed E-state index contributed by atoms with van der Waals surface area (Å²) in [5.41, 5.74) is 1.44. The minimum absolute atomic E-state index is 0.0791. The lowest BCUT2D eigenvalue weighted by Gasteiger charge is -2.15. The van der Waals surface area contributed by atoms with Gasteiger partial charge in [0, 0.05) is 21.7 Å². The average Bonchev–Trinajstić information content (AvgIpc) is 2.66. The predicted octanol–water partition coefficient (Wildman–Crippen LogP) is 3.41. The summed E-state index contributed by atoms with van der Waals surface area (Å²) in [5, 5.41) is 3.08. The SMILES string of the molecule is COc1ccc(C(C)=O)cc1COC(=O)[C@H](C)NC(=O)c1ccc(Cl)cc1. The van der Waals surface area contributed by atoms with Crippen molar-refractivity contribution in [2.24, 2.45) is 0 Å². The summed E-state index contributed by atoms with van der Waals surface area (Å²) in [6.45, 7) is 2.90. The number of ketones is 1. The number of carbonyl (C=O) groups is 3. The number of rotatable bonds is 7. The summed E-state index contributed by atoms with van der Waals surface area (Å²) >= 11 is 5.79. The molecular weight excluding hydrogens is 370 g/mol. The van der Waals surface area contributed by atoms with Gasteiger partial charge in [-0.1, -0.05) is 11.6 Å². The maximum absolute atomic E-state index is 12.2. The number of Topliss-reactive ketones (excluding diaryl/α,β-unsaturated/α-hetero) is 1. The van der Waals surface area contributed by atoms with Gasteiger partial charge in [-0.05, 0) is 56.3 Å². The van der Waals surface area contributed by atoms with Crippen molar-refractivity contribution in [3.63, 3.8) is 0 Å². The van der Waals surface area contributed by atoms with Crippen LogP contribution in [0.2, 0.25) is 5.02 Å². The molecule has 1 atom stereocenters. The minimum Gasteiger partial charge on any atom is -0.496 e. The van der Waals surface area contributed by atoms with Crippen molar-refractivity contribution in [3.05, 3.63) is 64.2 Å². The Labute approximate surface area is 162 Å². The van der Waals surface area contributed by atoms with Gasteiger partial charge in [0.15, 0.2) is 5.78 Å². The van der Waals surface area contributed by atoms with E-state index >= 15 is 0 Å². The summed E-state index contributed by atoms with van der Waals surface area (Å²) < 4.78 is 10.5. The largest absolute Gasteiger partial charge is 0.496 e. The van der Waals surface area contributed by atoms with Crippen LogP contribution in [0.15, 0.2) is 42.5 Å². The fourth-order valence-electron chi connectivity index (χ4n) is 2.32. The van der Waals surface area contributed by atoms with Gasteiger partial charge >= 0.3 is 5.97 Å². The Balaban J connectivity index is 1.98. The van der Waals surface area contributed by atoms with Crippen LogP contribution in [0.4, 0.5) is 0 Å². The van der Waals surface area contributed by atoms with Crippen LogP contribution in [-0.4, -0.2) is 30.8 Å². The molecule has 0 saturated carbocycles. The molecule has 1 N–H and O–H groups in total. The van der Waals surface area contributed by atoms with Crippen molar-refractivity contribution in [2.45, 2.75) is 26.5 Å². The molecule has 0 unspecified atom stereocenters. The summed E-state index contributed by atoms with van der Waals surface area (Å²) in [4.78, 5) is 35.9. The van der Waals surface area contributed by atoms with Crippen molar-refractivity contribution < 1.29 is 23.9 Å². The number of ether oxygens (including phenoxy) is 2. The highest BCUT2D eigenvalue weighted by molar-refractivity contribution is 6.30. The van der Waals surface area contributed by atoms with E-state index < -0.39 is 17.9 Å². The smallest absolute Gasteiger partial charge is 0.328 e. The van der Waals surface area contributed by atoms with Crippen molar-refractivity contribution in [3.8, 4) is 5.75 Å². The zero-order valence-corrected chi connectivity index (χ0v) is 16.0. The summed E-state index contributed by atoms with van der Waals surface area (Å²) in [6, 6.07) is 10.4. The van der Waals surface area contributed by atoms with Gasteiger partial charge < -0.3 is 14.8 Å². The third kappa shape index (κ3) is 5.56. The first kappa shape index (κ1) is 20.5.